The standard InChI is InChI=1S/C20H29N3O3/c1-13(2)20(26)23-10-6-8-16(12-23)19(25)21-11-18(24)22-17-9-5-7-14(3)15(17)4/h5,7,9,13,16H,6,8,10-12H2,1-4H3,(H,21,25)(H,22,24). The zero-order valence-corrected chi connectivity index (χ0v) is 16.1. The number of hydrogen-bond acceptors (Lipinski definition) is 3. The number of carbonyl (C=O) groups excluding carboxylic acids is 3. The number of likely N-dealkylation sites (tertiary alicyclic amines) is 1. The Morgan fingerprint density at radius 3 is 2.65 bits per heavy atom. The smallest absolute Gasteiger partial charge is 0.243 e. The van der Waals surface area contributed by atoms with Crippen LogP contribution < -0.4 is 10.6 Å². The van der Waals surface area contributed by atoms with Crippen LogP contribution in [0.2, 0.25) is 0 Å². The summed E-state index contributed by atoms with van der Waals surface area (Å²) in [5.74, 6) is -0.657. The molecule has 1 saturated heterocycles. The van der Waals surface area contributed by atoms with Crippen molar-refractivity contribution < 1.29 is 14.4 Å². The second-order valence-corrected chi connectivity index (χ2v) is 7.29. The van der Waals surface area contributed by atoms with Gasteiger partial charge in [0.05, 0.1) is 12.5 Å². The summed E-state index contributed by atoms with van der Waals surface area (Å²) in [6, 6.07) is 5.72. The third-order valence-corrected chi connectivity index (χ3v) is 4.90. The SMILES string of the molecule is Cc1cccc(NC(=O)CNC(=O)C2CCCN(C(=O)C(C)C)C2)c1C. The van der Waals surface area contributed by atoms with Crippen LogP contribution in [0.5, 0.6) is 0 Å². The lowest BCUT2D eigenvalue weighted by molar-refractivity contribution is -0.138. The lowest BCUT2D eigenvalue weighted by Gasteiger charge is -2.33. The molecular formula is C20H29N3O3. The predicted octanol–water partition coefficient (Wildman–Crippen LogP) is 2.25. The predicted molar refractivity (Wildman–Crippen MR) is 102 cm³/mol. The van der Waals surface area contributed by atoms with Gasteiger partial charge in [0.1, 0.15) is 0 Å². The van der Waals surface area contributed by atoms with Gasteiger partial charge in [0.2, 0.25) is 17.7 Å². The maximum absolute atomic E-state index is 12.4. The van der Waals surface area contributed by atoms with Crippen molar-refractivity contribution in [2.24, 2.45) is 11.8 Å². The van der Waals surface area contributed by atoms with Gasteiger partial charge in [-0.05, 0) is 43.9 Å². The number of anilines is 1. The normalized spacial score (nSPS) is 17.1. The molecule has 0 bridgehead atoms. The van der Waals surface area contributed by atoms with Crippen molar-refractivity contribution >= 4 is 23.4 Å². The zero-order valence-electron chi connectivity index (χ0n) is 16.1. The number of nitrogens with one attached hydrogen (secondary N) is 2. The highest BCUT2D eigenvalue weighted by Gasteiger charge is 2.29. The minimum absolute atomic E-state index is 0.0686. The molecule has 0 saturated carbocycles. The highest BCUT2D eigenvalue weighted by atomic mass is 16.2. The second kappa shape index (κ2) is 8.83. The first-order valence-corrected chi connectivity index (χ1v) is 9.22. The van der Waals surface area contributed by atoms with Crippen molar-refractivity contribution in [1.29, 1.82) is 0 Å². The largest absolute Gasteiger partial charge is 0.347 e. The van der Waals surface area contributed by atoms with E-state index >= 15 is 0 Å². The van der Waals surface area contributed by atoms with Gasteiger partial charge >= 0.3 is 0 Å². The molecule has 0 spiro atoms. The number of hydrogen-bond donors (Lipinski definition) is 2. The summed E-state index contributed by atoms with van der Waals surface area (Å²) in [6.07, 6.45) is 1.55. The zero-order chi connectivity index (χ0) is 19.3. The van der Waals surface area contributed by atoms with Crippen LogP contribution in [0, 0.1) is 25.7 Å². The van der Waals surface area contributed by atoms with Crippen molar-refractivity contribution in [3.05, 3.63) is 29.3 Å². The number of rotatable bonds is 5. The molecule has 0 aromatic heterocycles. The monoisotopic (exact) mass is 359 g/mol. The van der Waals surface area contributed by atoms with Crippen molar-refractivity contribution in [2.75, 3.05) is 25.0 Å². The first-order valence-electron chi connectivity index (χ1n) is 9.22. The van der Waals surface area contributed by atoms with Gasteiger partial charge in [0.15, 0.2) is 0 Å². The second-order valence-electron chi connectivity index (χ2n) is 7.29. The molecule has 1 aromatic carbocycles. The van der Waals surface area contributed by atoms with Gasteiger partial charge in [-0.25, -0.2) is 0 Å². The fourth-order valence-corrected chi connectivity index (χ4v) is 3.15. The number of nitrogens with zero attached hydrogens (tertiary/aromatic N) is 1. The van der Waals surface area contributed by atoms with Crippen LogP contribution in [0.3, 0.4) is 0 Å². The van der Waals surface area contributed by atoms with Crippen LogP contribution in [0.15, 0.2) is 18.2 Å². The van der Waals surface area contributed by atoms with Gasteiger partial charge in [0.25, 0.3) is 0 Å². The number of aryl methyl sites for hydroxylation is 1. The topological polar surface area (TPSA) is 78.5 Å². The van der Waals surface area contributed by atoms with E-state index in [1.165, 1.54) is 0 Å². The van der Waals surface area contributed by atoms with Crippen molar-refractivity contribution in [3.8, 4) is 0 Å². The first kappa shape index (κ1) is 19.9. The van der Waals surface area contributed by atoms with Gasteiger partial charge in [-0.1, -0.05) is 26.0 Å². The van der Waals surface area contributed by atoms with E-state index in [0.29, 0.717) is 13.1 Å². The van der Waals surface area contributed by atoms with Crippen LogP contribution in [-0.4, -0.2) is 42.3 Å². The van der Waals surface area contributed by atoms with Crippen LogP contribution in [-0.2, 0) is 14.4 Å². The lowest BCUT2D eigenvalue weighted by Crippen LogP contribution is -2.47. The molecule has 2 N–H and O–H groups in total. The minimum Gasteiger partial charge on any atom is -0.347 e. The summed E-state index contributed by atoms with van der Waals surface area (Å²) in [4.78, 5) is 38.4. The van der Waals surface area contributed by atoms with Gasteiger partial charge in [0, 0.05) is 24.7 Å². The van der Waals surface area contributed by atoms with Gasteiger partial charge in [-0.15, -0.1) is 0 Å². The summed E-state index contributed by atoms with van der Waals surface area (Å²) in [7, 11) is 0. The van der Waals surface area contributed by atoms with Crippen LogP contribution >= 0.6 is 0 Å². The van der Waals surface area contributed by atoms with E-state index in [2.05, 4.69) is 10.6 Å². The molecule has 2 rings (SSSR count). The van der Waals surface area contributed by atoms with Crippen molar-refractivity contribution in [1.82, 2.24) is 10.2 Å². The Labute approximate surface area is 155 Å². The molecule has 1 unspecified atom stereocenters. The Balaban J connectivity index is 1.85. The number of amides is 3. The molecule has 0 radical (unpaired) electrons. The molecular weight excluding hydrogens is 330 g/mol. The molecule has 1 atom stereocenters. The number of piperidine rings is 1. The molecule has 142 valence electrons. The maximum atomic E-state index is 12.4. The lowest BCUT2D eigenvalue weighted by atomic mass is 9.96. The minimum atomic E-state index is -0.252. The Hall–Kier alpha value is -2.37. The van der Waals surface area contributed by atoms with E-state index in [-0.39, 0.29) is 36.1 Å². The van der Waals surface area contributed by atoms with E-state index in [1.54, 1.807) is 4.90 Å². The third-order valence-electron chi connectivity index (χ3n) is 4.90. The molecule has 1 heterocycles. The summed E-state index contributed by atoms with van der Waals surface area (Å²) in [5.41, 5.74) is 2.88. The van der Waals surface area contributed by atoms with E-state index in [0.717, 1.165) is 29.7 Å². The fourth-order valence-electron chi connectivity index (χ4n) is 3.15. The van der Waals surface area contributed by atoms with Crippen LogP contribution in [0.25, 0.3) is 0 Å². The van der Waals surface area contributed by atoms with Gasteiger partial charge in [-0.3, -0.25) is 14.4 Å². The summed E-state index contributed by atoms with van der Waals surface area (Å²) in [5, 5.41) is 5.54. The molecule has 26 heavy (non-hydrogen) atoms. The highest BCUT2D eigenvalue weighted by Crippen LogP contribution is 2.19. The molecule has 1 fully saturated rings. The fraction of sp³-hybridized carbons (Fsp3) is 0.550. The Morgan fingerprint density at radius 2 is 1.96 bits per heavy atom. The van der Waals surface area contributed by atoms with Gasteiger partial charge in [-0.2, -0.15) is 0 Å². The summed E-state index contributed by atoms with van der Waals surface area (Å²) in [6.45, 7) is 8.73. The third kappa shape index (κ3) is 5.07. The van der Waals surface area contributed by atoms with Crippen LogP contribution in [0.4, 0.5) is 5.69 Å². The van der Waals surface area contributed by atoms with E-state index in [9.17, 15) is 14.4 Å². The molecule has 1 aromatic rings. The molecule has 3 amide bonds. The quantitative estimate of drug-likeness (QED) is 0.846. The number of benzene rings is 1. The van der Waals surface area contributed by atoms with Crippen molar-refractivity contribution in [3.63, 3.8) is 0 Å². The average molecular weight is 359 g/mol. The molecule has 1 aliphatic heterocycles. The highest BCUT2D eigenvalue weighted by molar-refractivity contribution is 5.95. The van der Waals surface area contributed by atoms with E-state index in [4.69, 9.17) is 0 Å². The first-order chi connectivity index (χ1) is 12.3. The van der Waals surface area contributed by atoms with Crippen LogP contribution in [0.1, 0.15) is 37.8 Å². The Morgan fingerprint density at radius 1 is 1.23 bits per heavy atom. The molecule has 0 aliphatic carbocycles. The molecule has 1 aliphatic rings. The summed E-state index contributed by atoms with van der Waals surface area (Å²) < 4.78 is 0. The number of carbonyl (C=O) groups is 3. The molecule has 6 heteroatoms. The van der Waals surface area contributed by atoms with Gasteiger partial charge < -0.3 is 15.5 Å². The Kier molecular flexibility index (Phi) is 6.77. The van der Waals surface area contributed by atoms with Crippen molar-refractivity contribution in [2.45, 2.75) is 40.5 Å². The summed E-state index contributed by atoms with van der Waals surface area (Å²) >= 11 is 0. The molecule has 6 nitrogen and oxygen atoms in total. The Bertz CT molecular complexity index is 685. The average Bonchev–Trinajstić information content (AvgIpc) is 2.63. The maximum Gasteiger partial charge on any atom is 0.243 e. The van der Waals surface area contributed by atoms with E-state index in [1.807, 2.05) is 45.9 Å². The van der Waals surface area contributed by atoms with E-state index < -0.39 is 0 Å².